The first-order valence-corrected chi connectivity index (χ1v) is 10.5. The zero-order valence-corrected chi connectivity index (χ0v) is 17.9. The van der Waals surface area contributed by atoms with Gasteiger partial charge in [0.25, 0.3) is 11.8 Å². The van der Waals surface area contributed by atoms with Gasteiger partial charge in [-0.05, 0) is 36.4 Å². The monoisotopic (exact) mass is 420 g/mol. The molecule has 3 rings (SSSR count). The molecular weight excluding hydrogens is 392 g/mol. The summed E-state index contributed by atoms with van der Waals surface area (Å²) in [5.74, 6) is 0.120. The zero-order valence-electron chi connectivity index (χ0n) is 17.9. The molecular formula is C25H28N2O4. The Hall–Kier alpha value is -3.38. The molecule has 0 aliphatic rings. The summed E-state index contributed by atoms with van der Waals surface area (Å²) in [4.78, 5) is 25.5. The lowest BCUT2D eigenvalue weighted by molar-refractivity contribution is -0.122. The van der Waals surface area contributed by atoms with Crippen molar-refractivity contribution < 1.29 is 19.1 Å². The summed E-state index contributed by atoms with van der Waals surface area (Å²) in [5, 5.41) is 7.71. The van der Waals surface area contributed by atoms with Crippen molar-refractivity contribution in [2.75, 3.05) is 25.6 Å². The molecule has 0 bridgehead atoms. The molecule has 2 amide bonds. The SMILES string of the molecule is CC[C@H](Oc1cccc2ccccc12)C(=O)Nc1ccccc1C(=O)NCCCOC. The smallest absolute Gasteiger partial charge is 0.265 e. The molecule has 3 aromatic rings. The summed E-state index contributed by atoms with van der Waals surface area (Å²) in [6, 6.07) is 20.6. The van der Waals surface area contributed by atoms with E-state index in [-0.39, 0.29) is 11.8 Å². The predicted octanol–water partition coefficient (Wildman–Crippen LogP) is 4.40. The third-order valence-corrected chi connectivity index (χ3v) is 4.92. The maximum Gasteiger partial charge on any atom is 0.265 e. The van der Waals surface area contributed by atoms with Crippen molar-refractivity contribution in [3.05, 3.63) is 72.3 Å². The van der Waals surface area contributed by atoms with Crippen LogP contribution in [0.4, 0.5) is 5.69 Å². The van der Waals surface area contributed by atoms with Crippen molar-refractivity contribution in [3.63, 3.8) is 0 Å². The molecule has 0 aliphatic carbocycles. The molecule has 0 saturated heterocycles. The van der Waals surface area contributed by atoms with E-state index < -0.39 is 6.10 Å². The number of fused-ring (bicyclic) bond motifs is 1. The van der Waals surface area contributed by atoms with Gasteiger partial charge in [0.2, 0.25) is 0 Å². The Morgan fingerprint density at radius 2 is 1.71 bits per heavy atom. The van der Waals surface area contributed by atoms with Gasteiger partial charge in [0.1, 0.15) is 5.75 Å². The van der Waals surface area contributed by atoms with Crippen LogP contribution in [0.5, 0.6) is 5.75 Å². The quantitative estimate of drug-likeness (QED) is 0.477. The van der Waals surface area contributed by atoms with Crippen LogP contribution in [0.3, 0.4) is 0 Å². The lowest BCUT2D eigenvalue weighted by Gasteiger charge is -2.19. The van der Waals surface area contributed by atoms with Gasteiger partial charge in [-0.25, -0.2) is 0 Å². The molecule has 6 nitrogen and oxygen atoms in total. The van der Waals surface area contributed by atoms with Crippen molar-refractivity contribution in [2.45, 2.75) is 25.9 Å². The number of rotatable bonds is 10. The van der Waals surface area contributed by atoms with Gasteiger partial charge in [-0.1, -0.05) is 55.5 Å². The van der Waals surface area contributed by atoms with Crippen LogP contribution in [0.2, 0.25) is 0 Å². The summed E-state index contributed by atoms with van der Waals surface area (Å²) in [6.07, 6.45) is 0.511. The Kier molecular flexibility index (Phi) is 8.01. The van der Waals surface area contributed by atoms with Crippen LogP contribution < -0.4 is 15.4 Å². The highest BCUT2D eigenvalue weighted by atomic mass is 16.5. The summed E-state index contributed by atoms with van der Waals surface area (Å²) < 4.78 is 11.1. The molecule has 0 saturated carbocycles. The average molecular weight is 421 g/mol. The van der Waals surface area contributed by atoms with Gasteiger partial charge in [-0.15, -0.1) is 0 Å². The van der Waals surface area contributed by atoms with Crippen molar-refractivity contribution in [1.29, 1.82) is 0 Å². The third-order valence-electron chi connectivity index (χ3n) is 4.92. The van der Waals surface area contributed by atoms with E-state index in [0.29, 0.717) is 43.0 Å². The number of amides is 2. The Bertz CT molecular complexity index is 1030. The van der Waals surface area contributed by atoms with E-state index in [9.17, 15) is 9.59 Å². The lowest BCUT2D eigenvalue weighted by Crippen LogP contribution is -2.33. The fourth-order valence-electron chi connectivity index (χ4n) is 3.29. The van der Waals surface area contributed by atoms with Crippen LogP contribution in [0, 0.1) is 0 Å². The number of anilines is 1. The van der Waals surface area contributed by atoms with Gasteiger partial charge >= 0.3 is 0 Å². The Morgan fingerprint density at radius 1 is 0.968 bits per heavy atom. The normalized spacial score (nSPS) is 11.7. The lowest BCUT2D eigenvalue weighted by atomic mass is 10.1. The van der Waals surface area contributed by atoms with Crippen molar-refractivity contribution in [1.82, 2.24) is 5.32 Å². The molecule has 0 fully saturated rings. The molecule has 0 unspecified atom stereocenters. The van der Waals surface area contributed by atoms with Gasteiger partial charge in [0.15, 0.2) is 6.10 Å². The number of hydrogen-bond acceptors (Lipinski definition) is 4. The number of benzene rings is 3. The Labute approximate surface area is 182 Å². The molecule has 3 aromatic carbocycles. The Morgan fingerprint density at radius 3 is 2.52 bits per heavy atom. The topological polar surface area (TPSA) is 76.7 Å². The second kappa shape index (κ2) is 11.1. The van der Waals surface area contributed by atoms with E-state index in [1.807, 2.05) is 49.4 Å². The van der Waals surface area contributed by atoms with Gasteiger partial charge in [0.05, 0.1) is 11.3 Å². The largest absolute Gasteiger partial charge is 0.480 e. The predicted molar refractivity (Wildman–Crippen MR) is 123 cm³/mol. The molecule has 0 radical (unpaired) electrons. The Balaban J connectivity index is 1.72. The number of methoxy groups -OCH3 is 1. The maximum absolute atomic E-state index is 13.0. The number of carbonyl (C=O) groups excluding carboxylic acids is 2. The molecule has 2 N–H and O–H groups in total. The molecule has 6 heteroatoms. The standard InChI is InChI=1S/C25H28N2O4/c1-3-22(31-23-15-8-11-18-10-4-5-12-19(18)23)25(29)27-21-14-7-6-13-20(21)24(28)26-16-9-17-30-2/h4-8,10-15,22H,3,9,16-17H2,1-2H3,(H,26,28)(H,27,29)/t22-/m0/s1. The summed E-state index contributed by atoms with van der Waals surface area (Å²) in [5.41, 5.74) is 0.866. The first kappa shape index (κ1) is 22.3. The average Bonchev–Trinajstić information content (AvgIpc) is 2.80. The molecule has 31 heavy (non-hydrogen) atoms. The minimum absolute atomic E-state index is 0.241. The van der Waals surface area contributed by atoms with Crippen LogP contribution >= 0.6 is 0 Å². The number of nitrogens with one attached hydrogen (secondary N) is 2. The van der Waals surface area contributed by atoms with E-state index in [0.717, 1.165) is 10.8 Å². The maximum atomic E-state index is 13.0. The van der Waals surface area contributed by atoms with Crippen molar-refractivity contribution in [2.24, 2.45) is 0 Å². The first-order chi connectivity index (χ1) is 15.1. The first-order valence-electron chi connectivity index (χ1n) is 10.5. The molecule has 0 spiro atoms. The van der Waals surface area contributed by atoms with Crippen LogP contribution in [0.1, 0.15) is 30.1 Å². The van der Waals surface area contributed by atoms with E-state index >= 15 is 0 Å². The van der Waals surface area contributed by atoms with E-state index in [4.69, 9.17) is 9.47 Å². The minimum atomic E-state index is -0.691. The van der Waals surface area contributed by atoms with Crippen molar-refractivity contribution >= 4 is 28.3 Å². The molecule has 1 atom stereocenters. The number of para-hydroxylation sites is 1. The summed E-state index contributed by atoms with van der Waals surface area (Å²) >= 11 is 0. The molecule has 0 aromatic heterocycles. The highest BCUT2D eigenvalue weighted by Crippen LogP contribution is 2.27. The van der Waals surface area contributed by atoms with Crippen LogP contribution in [-0.4, -0.2) is 38.2 Å². The fraction of sp³-hybridized carbons (Fsp3) is 0.280. The highest BCUT2D eigenvalue weighted by Gasteiger charge is 2.21. The van der Waals surface area contributed by atoms with Gasteiger partial charge in [-0.2, -0.15) is 0 Å². The van der Waals surface area contributed by atoms with Gasteiger partial charge < -0.3 is 20.1 Å². The van der Waals surface area contributed by atoms with Crippen molar-refractivity contribution in [3.8, 4) is 5.75 Å². The van der Waals surface area contributed by atoms with E-state index in [1.54, 1.807) is 31.4 Å². The molecule has 0 heterocycles. The van der Waals surface area contributed by atoms with Crippen LogP contribution in [-0.2, 0) is 9.53 Å². The van der Waals surface area contributed by atoms with Gasteiger partial charge in [-0.3, -0.25) is 9.59 Å². The number of ether oxygens (including phenoxy) is 2. The van der Waals surface area contributed by atoms with Crippen LogP contribution in [0.25, 0.3) is 10.8 Å². The molecule has 162 valence electrons. The van der Waals surface area contributed by atoms with Crippen LogP contribution in [0.15, 0.2) is 66.7 Å². The number of carbonyl (C=O) groups is 2. The van der Waals surface area contributed by atoms with Gasteiger partial charge in [0, 0.05) is 25.6 Å². The summed E-state index contributed by atoms with van der Waals surface area (Å²) in [6.45, 7) is 2.96. The second-order valence-electron chi connectivity index (χ2n) is 7.13. The van der Waals surface area contributed by atoms with E-state index in [2.05, 4.69) is 10.6 Å². The fourth-order valence-corrected chi connectivity index (χ4v) is 3.29. The minimum Gasteiger partial charge on any atom is -0.480 e. The van der Waals surface area contributed by atoms with E-state index in [1.165, 1.54) is 0 Å². The molecule has 0 aliphatic heterocycles. The zero-order chi connectivity index (χ0) is 22.1. The second-order valence-corrected chi connectivity index (χ2v) is 7.13. The third kappa shape index (κ3) is 5.83. The highest BCUT2D eigenvalue weighted by molar-refractivity contribution is 6.04. The number of hydrogen-bond donors (Lipinski definition) is 2. The summed E-state index contributed by atoms with van der Waals surface area (Å²) in [7, 11) is 1.62.